The van der Waals surface area contributed by atoms with Gasteiger partial charge in [-0.1, -0.05) is 17.7 Å². The molecule has 0 spiro atoms. The highest BCUT2D eigenvalue weighted by Gasteiger charge is 2.15. The molecule has 0 aliphatic carbocycles. The third-order valence-electron chi connectivity index (χ3n) is 3.72. The zero-order valence-electron chi connectivity index (χ0n) is 13.2. The van der Waals surface area contributed by atoms with E-state index in [1.54, 1.807) is 36.5 Å². The number of anilines is 2. The molecule has 0 unspecified atom stereocenters. The van der Waals surface area contributed by atoms with Gasteiger partial charge in [0.1, 0.15) is 0 Å². The Hall–Kier alpha value is -2.15. The lowest BCUT2D eigenvalue weighted by Gasteiger charge is -2.15. The number of aliphatic hydroxyl groups excluding tert-OH is 1. The molecule has 3 aromatic rings. The second-order valence-corrected chi connectivity index (χ2v) is 6.59. The highest BCUT2D eigenvalue weighted by atomic mass is 79.9. The quantitative estimate of drug-likeness (QED) is 0.599. The Balaban J connectivity index is 2.14. The van der Waals surface area contributed by atoms with Crippen LogP contribution in [0.15, 0.2) is 47.1 Å². The zero-order valence-corrected chi connectivity index (χ0v) is 15.6. The summed E-state index contributed by atoms with van der Waals surface area (Å²) in [6.45, 7) is -0.165. The van der Waals surface area contributed by atoms with Crippen molar-refractivity contribution in [3.05, 3.63) is 63.2 Å². The second kappa shape index (κ2) is 7.39. The molecular formula is C18H14BrClN2O3. The molecule has 0 saturated carbocycles. The standard InChI is InChI=1S/C18H14BrClN2O3/c1-25-18(24)13-6-10(9-23)2-4-16(13)22-17-12-7-11(20)3-5-15(12)21-8-14(17)19/h2-8,23H,9H2,1H3,(H,21,22). The first kappa shape index (κ1) is 17.7. The molecule has 1 aromatic heterocycles. The van der Waals surface area contributed by atoms with Gasteiger partial charge >= 0.3 is 5.97 Å². The fraction of sp³-hybridized carbons (Fsp3) is 0.111. The molecule has 5 nitrogen and oxygen atoms in total. The topological polar surface area (TPSA) is 71.5 Å². The van der Waals surface area contributed by atoms with Crippen LogP contribution in [0.3, 0.4) is 0 Å². The first-order valence-corrected chi connectivity index (χ1v) is 8.53. The van der Waals surface area contributed by atoms with Crippen molar-refractivity contribution in [3.8, 4) is 0 Å². The number of benzene rings is 2. The second-order valence-electron chi connectivity index (χ2n) is 5.30. The maximum absolute atomic E-state index is 12.1. The Kier molecular flexibility index (Phi) is 5.22. The first-order chi connectivity index (χ1) is 12.0. The molecule has 0 aliphatic rings. The molecule has 0 saturated heterocycles. The number of nitrogens with one attached hydrogen (secondary N) is 1. The number of ether oxygens (including phenoxy) is 1. The van der Waals surface area contributed by atoms with Gasteiger partial charge in [-0.25, -0.2) is 4.79 Å². The Morgan fingerprint density at radius 2 is 2.12 bits per heavy atom. The molecule has 2 aromatic carbocycles. The molecule has 0 radical (unpaired) electrons. The molecule has 1 heterocycles. The number of fused-ring (bicyclic) bond motifs is 1. The van der Waals surface area contributed by atoms with Crippen molar-refractivity contribution in [2.45, 2.75) is 6.61 Å². The van der Waals surface area contributed by atoms with E-state index in [-0.39, 0.29) is 6.61 Å². The van der Waals surface area contributed by atoms with Crippen molar-refractivity contribution >= 4 is 55.8 Å². The summed E-state index contributed by atoms with van der Waals surface area (Å²) in [5.74, 6) is -0.495. The highest BCUT2D eigenvalue weighted by Crippen LogP contribution is 2.35. The van der Waals surface area contributed by atoms with Gasteiger partial charge in [0.15, 0.2) is 0 Å². The molecular weight excluding hydrogens is 408 g/mol. The lowest BCUT2D eigenvalue weighted by molar-refractivity contribution is 0.0601. The Labute approximate surface area is 157 Å². The number of hydrogen-bond acceptors (Lipinski definition) is 5. The van der Waals surface area contributed by atoms with Crippen LogP contribution in [0, 0.1) is 0 Å². The van der Waals surface area contributed by atoms with Gasteiger partial charge in [0.2, 0.25) is 0 Å². The molecule has 2 N–H and O–H groups in total. The van der Waals surface area contributed by atoms with Gasteiger partial charge in [-0.2, -0.15) is 0 Å². The normalized spacial score (nSPS) is 10.7. The van der Waals surface area contributed by atoms with Gasteiger partial charge in [-0.3, -0.25) is 4.98 Å². The minimum Gasteiger partial charge on any atom is -0.465 e. The molecule has 0 fully saturated rings. The largest absolute Gasteiger partial charge is 0.465 e. The van der Waals surface area contributed by atoms with Crippen LogP contribution in [0.1, 0.15) is 15.9 Å². The summed E-state index contributed by atoms with van der Waals surface area (Å²) >= 11 is 9.60. The fourth-order valence-electron chi connectivity index (χ4n) is 2.48. The van der Waals surface area contributed by atoms with Crippen LogP contribution in [-0.2, 0) is 11.3 Å². The Morgan fingerprint density at radius 3 is 2.84 bits per heavy atom. The van der Waals surface area contributed by atoms with E-state index in [0.717, 1.165) is 21.1 Å². The summed E-state index contributed by atoms with van der Waals surface area (Å²) in [6.07, 6.45) is 1.68. The van der Waals surface area contributed by atoms with E-state index in [0.29, 0.717) is 21.8 Å². The number of halogens is 2. The lowest BCUT2D eigenvalue weighted by atomic mass is 10.1. The predicted molar refractivity (Wildman–Crippen MR) is 101 cm³/mol. The number of aromatic nitrogens is 1. The van der Waals surface area contributed by atoms with Crippen LogP contribution < -0.4 is 5.32 Å². The van der Waals surface area contributed by atoms with E-state index in [2.05, 4.69) is 26.2 Å². The number of esters is 1. The summed E-state index contributed by atoms with van der Waals surface area (Å²) in [7, 11) is 1.31. The van der Waals surface area contributed by atoms with Crippen molar-refractivity contribution in [2.75, 3.05) is 12.4 Å². The monoisotopic (exact) mass is 420 g/mol. The zero-order chi connectivity index (χ0) is 18.0. The average molecular weight is 422 g/mol. The molecule has 0 bridgehead atoms. The van der Waals surface area contributed by atoms with Crippen molar-refractivity contribution < 1.29 is 14.6 Å². The van der Waals surface area contributed by atoms with E-state index in [4.69, 9.17) is 16.3 Å². The van der Waals surface area contributed by atoms with Crippen molar-refractivity contribution in [3.63, 3.8) is 0 Å². The number of nitrogens with zero attached hydrogens (tertiary/aromatic N) is 1. The van der Waals surface area contributed by atoms with Crippen molar-refractivity contribution in [2.24, 2.45) is 0 Å². The van der Waals surface area contributed by atoms with E-state index in [9.17, 15) is 9.90 Å². The molecule has 0 aliphatic heterocycles. The number of pyridine rings is 1. The molecule has 7 heteroatoms. The number of carbonyl (C=O) groups excluding carboxylic acids is 1. The summed E-state index contributed by atoms with van der Waals surface area (Å²) in [4.78, 5) is 16.5. The molecule has 0 amide bonds. The number of carbonyl (C=O) groups is 1. The van der Waals surface area contributed by atoms with Crippen LogP contribution in [0.4, 0.5) is 11.4 Å². The number of aliphatic hydroxyl groups is 1. The molecule has 3 rings (SSSR count). The van der Waals surface area contributed by atoms with Gasteiger partial charge in [0, 0.05) is 16.6 Å². The van der Waals surface area contributed by atoms with E-state index in [1.165, 1.54) is 7.11 Å². The number of methoxy groups -OCH3 is 1. The smallest absolute Gasteiger partial charge is 0.339 e. The maximum Gasteiger partial charge on any atom is 0.339 e. The summed E-state index contributed by atoms with van der Waals surface area (Å²) in [5.41, 5.74) is 2.99. The Bertz CT molecular complexity index is 957. The van der Waals surface area contributed by atoms with E-state index < -0.39 is 5.97 Å². The molecule has 0 atom stereocenters. The summed E-state index contributed by atoms with van der Waals surface area (Å²) in [6, 6.07) is 10.4. The van der Waals surface area contributed by atoms with Crippen molar-refractivity contribution in [1.82, 2.24) is 4.98 Å². The number of hydrogen-bond donors (Lipinski definition) is 2. The van der Waals surface area contributed by atoms with E-state index in [1.807, 2.05) is 6.07 Å². The van der Waals surface area contributed by atoms with Crippen LogP contribution in [0.25, 0.3) is 10.9 Å². The minimum atomic E-state index is -0.495. The predicted octanol–water partition coefficient (Wildman–Crippen LogP) is 4.67. The van der Waals surface area contributed by atoms with Gasteiger partial charge < -0.3 is 15.2 Å². The minimum absolute atomic E-state index is 0.165. The van der Waals surface area contributed by atoms with E-state index >= 15 is 0 Å². The third kappa shape index (κ3) is 3.61. The fourth-order valence-corrected chi connectivity index (χ4v) is 3.07. The van der Waals surface area contributed by atoms with Crippen LogP contribution in [0.2, 0.25) is 5.02 Å². The Morgan fingerprint density at radius 1 is 1.32 bits per heavy atom. The van der Waals surface area contributed by atoms with Gasteiger partial charge in [-0.15, -0.1) is 0 Å². The summed E-state index contributed by atoms with van der Waals surface area (Å²) in [5, 5.41) is 14.0. The van der Waals surface area contributed by atoms with Crippen LogP contribution >= 0.6 is 27.5 Å². The van der Waals surface area contributed by atoms with Crippen LogP contribution in [-0.4, -0.2) is 23.2 Å². The van der Waals surface area contributed by atoms with Crippen LogP contribution in [0.5, 0.6) is 0 Å². The van der Waals surface area contributed by atoms with Gasteiger partial charge in [-0.05, 0) is 51.8 Å². The highest BCUT2D eigenvalue weighted by molar-refractivity contribution is 9.10. The summed E-state index contributed by atoms with van der Waals surface area (Å²) < 4.78 is 5.57. The SMILES string of the molecule is COC(=O)c1cc(CO)ccc1Nc1c(Br)cnc2ccc(Cl)cc12. The first-order valence-electron chi connectivity index (χ1n) is 7.36. The number of rotatable bonds is 4. The average Bonchev–Trinajstić information content (AvgIpc) is 2.63. The third-order valence-corrected chi connectivity index (χ3v) is 4.55. The van der Waals surface area contributed by atoms with Gasteiger partial charge in [0.05, 0.1) is 40.6 Å². The molecule has 128 valence electrons. The lowest BCUT2D eigenvalue weighted by Crippen LogP contribution is -2.07. The molecule has 25 heavy (non-hydrogen) atoms. The van der Waals surface area contributed by atoms with Gasteiger partial charge in [0.25, 0.3) is 0 Å². The maximum atomic E-state index is 12.1. The van der Waals surface area contributed by atoms with Crippen molar-refractivity contribution in [1.29, 1.82) is 0 Å².